The lowest BCUT2D eigenvalue weighted by Crippen LogP contribution is -2.18. The molecule has 0 spiro atoms. The summed E-state index contributed by atoms with van der Waals surface area (Å²) in [7, 11) is 0. The molecule has 0 aliphatic carbocycles. The van der Waals surface area contributed by atoms with Crippen molar-refractivity contribution in [2.75, 3.05) is 0 Å². The Hall–Kier alpha value is -0.530. The topological polar surface area (TPSA) is 26.0 Å². The van der Waals surface area contributed by atoms with Crippen molar-refractivity contribution in [3.05, 3.63) is 34.3 Å². The van der Waals surface area contributed by atoms with Crippen molar-refractivity contribution >= 4 is 11.6 Å². The summed E-state index contributed by atoms with van der Waals surface area (Å²) in [4.78, 5) is 0. The molecule has 1 unspecified atom stereocenters. The fourth-order valence-corrected chi connectivity index (χ4v) is 1.75. The molecule has 13 heavy (non-hydrogen) atoms. The van der Waals surface area contributed by atoms with Crippen LogP contribution in [0.5, 0.6) is 0 Å². The number of nitrogens with two attached hydrogens (primary N) is 1. The quantitative estimate of drug-likeness (QED) is 0.774. The van der Waals surface area contributed by atoms with Gasteiger partial charge >= 0.3 is 0 Å². The molecule has 0 amide bonds. The fraction of sp³-hybridized carbons (Fsp3) is 0.455. The molecule has 2 heteroatoms. The number of rotatable bonds is 2. The van der Waals surface area contributed by atoms with Crippen molar-refractivity contribution in [3.63, 3.8) is 0 Å². The number of benzene rings is 1. The highest BCUT2D eigenvalue weighted by Crippen LogP contribution is 2.28. The predicted octanol–water partition coefficient (Wildman–Crippen LogP) is 3.30. The molecule has 72 valence electrons. The van der Waals surface area contributed by atoms with Gasteiger partial charge in [-0.1, -0.05) is 37.6 Å². The molecule has 0 aromatic heterocycles. The van der Waals surface area contributed by atoms with Crippen LogP contribution in [0.3, 0.4) is 0 Å². The number of aryl methyl sites for hydroxylation is 1. The second kappa shape index (κ2) is 4.12. The first-order chi connectivity index (χ1) is 6.04. The molecule has 1 nitrogen and oxygen atoms in total. The van der Waals surface area contributed by atoms with Crippen molar-refractivity contribution in [1.29, 1.82) is 0 Å². The monoisotopic (exact) mass is 197 g/mol. The van der Waals surface area contributed by atoms with Crippen molar-refractivity contribution < 1.29 is 0 Å². The summed E-state index contributed by atoms with van der Waals surface area (Å²) < 4.78 is 0. The van der Waals surface area contributed by atoms with Gasteiger partial charge in [0.15, 0.2) is 0 Å². The Labute approximate surface area is 84.9 Å². The molecular formula is C11H16ClN. The van der Waals surface area contributed by atoms with Gasteiger partial charge in [0.25, 0.3) is 0 Å². The molecule has 1 aromatic carbocycles. The molecule has 0 saturated heterocycles. The molecule has 0 bridgehead atoms. The van der Waals surface area contributed by atoms with E-state index in [1.165, 1.54) is 5.56 Å². The zero-order valence-corrected chi connectivity index (χ0v) is 9.10. The van der Waals surface area contributed by atoms with E-state index in [2.05, 4.69) is 13.8 Å². The molecule has 1 aromatic rings. The summed E-state index contributed by atoms with van der Waals surface area (Å²) >= 11 is 6.09. The Morgan fingerprint density at radius 1 is 1.31 bits per heavy atom. The Morgan fingerprint density at radius 3 is 2.38 bits per heavy atom. The van der Waals surface area contributed by atoms with Gasteiger partial charge in [0, 0.05) is 11.1 Å². The Balaban J connectivity index is 3.12. The van der Waals surface area contributed by atoms with E-state index in [9.17, 15) is 0 Å². The van der Waals surface area contributed by atoms with Crippen LogP contribution in [0.15, 0.2) is 18.2 Å². The van der Waals surface area contributed by atoms with Crippen LogP contribution in [0.25, 0.3) is 0 Å². The van der Waals surface area contributed by atoms with Gasteiger partial charge in [-0.2, -0.15) is 0 Å². The highest BCUT2D eigenvalue weighted by molar-refractivity contribution is 6.31. The predicted molar refractivity (Wildman–Crippen MR) is 58.0 cm³/mol. The summed E-state index contributed by atoms with van der Waals surface area (Å²) in [5.41, 5.74) is 8.31. The third-order valence-electron chi connectivity index (χ3n) is 2.32. The lowest BCUT2D eigenvalue weighted by molar-refractivity contribution is 0.512. The van der Waals surface area contributed by atoms with Gasteiger partial charge in [0.05, 0.1) is 0 Å². The highest BCUT2D eigenvalue weighted by Gasteiger charge is 2.15. The van der Waals surface area contributed by atoms with E-state index in [0.29, 0.717) is 5.92 Å². The average molecular weight is 198 g/mol. The van der Waals surface area contributed by atoms with Crippen molar-refractivity contribution in [2.24, 2.45) is 11.7 Å². The van der Waals surface area contributed by atoms with Gasteiger partial charge in [0.1, 0.15) is 0 Å². The van der Waals surface area contributed by atoms with Crippen molar-refractivity contribution in [3.8, 4) is 0 Å². The minimum Gasteiger partial charge on any atom is -0.324 e. The summed E-state index contributed by atoms with van der Waals surface area (Å²) in [6.07, 6.45) is 0. The van der Waals surface area contributed by atoms with Crippen LogP contribution < -0.4 is 5.73 Å². The first-order valence-electron chi connectivity index (χ1n) is 4.54. The van der Waals surface area contributed by atoms with Crippen molar-refractivity contribution in [2.45, 2.75) is 26.8 Å². The summed E-state index contributed by atoms with van der Waals surface area (Å²) in [5.74, 6) is 0.415. The SMILES string of the molecule is Cc1cccc(Cl)c1C(N)C(C)C. The second-order valence-electron chi connectivity index (χ2n) is 3.74. The maximum atomic E-state index is 6.09. The Bertz CT molecular complexity index is 274. The smallest absolute Gasteiger partial charge is 0.0456 e. The standard InChI is InChI=1S/C11H16ClN/c1-7(2)11(13)10-8(3)5-4-6-9(10)12/h4-7,11H,13H2,1-3H3. The van der Waals surface area contributed by atoms with Crippen LogP contribution in [0.4, 0.5) is 0 Å². The third-order valence-corrected chi connectivity index (χ3v) is 2.65. The first-order valence-corrected chi connectivity index (χ1v) is 4.92. The number of hydrogen-bond acceptors (Lipinski definition) is 1. The summed E-state index contributed by atoms with van der Waals surface area (Å²) in [6, 6.07) is 5.93. The molecule has 0 aliphatic rings. The average Bonchev–Trinajstić information content (AvgIpc) is 2.03. The maximum absolute atomic E-state index is 6.09. The minimum absolute atomic E-state index is 0.0358. The van der Waals surface area contributed by atoms with Gasteiger partial charge < -0.3 is 5.73 Å². The van der Waals surface area contributed by atoms with Gasteiger partial charge in [-0.15, -0.1) is 0 Å². The maximum Gasteiger partial charge on any atom is 0.0456 e. The van der Waals surface area contributed by atoms with Crippen LogP contribution in [-0.4, -0.2) is 0 Å². The van der Waals surface area contributed by atoms with Crippen molar-refractivity contribution in [1.82, 2.24) is 0 Å². The van der Waals surface area contributed by atoms with Crippen LogP contribution in [0.2, 0.25) is 5.02 Å². The van der Waals surface area contributed by atoms with Crippen LogP contribution in [-0.2, 0) is 0 Å². The largest absolute Gasteiger partial charge is 0.324 e. The van der Waals surface area contributed by atoms with E-state index in [-0.39, 0.29) is 6.04 Å². The molecular weight excluding hydrogens is 182 g/mol. The first kappa shape index (κ1) is 10.6. The molecule has 0 radical (unpaired) electrons. The molecule has 0 saturated carbocycles. The van der Waals surface area contributed by atoms with Crippen LogP contribution in [0.1, 0.15) is 31.0 Å². The Kier molecular flexibility index (Phi) is 3.34. The number of hydrogen-bond donors (Lipinski definition) is 1. The van der Waals surface area contributed by atoms with E-state index >= 15 is 0 Å². The second-order valence-corrected chi connectivity index (χ2v) is 4.15. The molecule has 0 heterocycles. The molecule has 0 aliphatic heterocycles. The van der Waals surface area contributed by atoms with E-state index in [4.69, 9.17) is 17.3 Å². The van der Waals surface area contributed by atoms with Crippen LogP contribution in [0, 0.1) is 12.8 Å². The zero-order valence-electron chi connectivity index (χ0n) is 8.34. The van der Waals surface area contributed by atoms with Gasteiger partial charge in [-0.05, 0) is 30.0 Å². The molecule has 2 N–H and O–H groups in total. The molecule has 0 fully saturated rings. The summed E-state index contributed by atoms with van der Waals surface area (Å²) in [6.45, 7) is 6.25. The van der Waals surface area contributed by atoms with E-state index in [1.807, 2.05) is 25.1 Å². The summed E-state index contributed by atoms with van der Waals surface area (Å²) in [5, 5.41) is 0.779. The minimum atomic E-state index is 0.0358. The van der Waals surface area contributed by atoms with E-state index < -0.39 is 0 Å². The van der Waals surface area contributed by atoms with Gasteiger partial charge in [-0.3, -0.25) is 0 Å². The fourth-order valence-electron chi connectivity index (χ4n) is 1.40. The molecule has 1 rings (SSSR count). The van der Waals surface area contributed by atoms with E-state index in [1.54, 1.807) is 0 Å². The normalized spacial score (nSPS) is 13.4. The lowest BCUT2D eigenvalue weighted by Gasteiger charge is -2.19. The number of halogens is 1. The third kappa shape index (κ3) is 2.23. The highest BCUT2D eigenvalue weighted by atomic mass is 35.5. The van der Waals surface area contributed by atoms with Gasteiger partial charge in [0.2, 0.25) is 0 Å². The zero-order chi connectivity index (χ0) is 10.0. The Morgan fingerprint density at radius 2 is 1.92 bits per heavy atom. The lowest BCUT2D eigenvalue weighted by atomic mass is 9.93. The van der Waals surface area contributed by atoms with Gasteiger partial charge in [-0.25, -0.2) is 0 Å². The molecule has 1 atom stereocenters. The van der Waals surface area contributed by atoms with E-state index in [0.717, 1.165) is 10.6 Å². The van der Waals surface area contributed by atoms with Crippen LogP contribution >= 0.6 is 11.6 Å².